The molecule has 0 atom stereocenters. The molecule has 0 aromatic heterocycles. The fraction of sp³-hybridized carbons (Fsp3) is 0.250. The van der Waals surface area contributed by atoms with Crippen molar-refractivity contribution in [1.82, 2.24) is 4.90 Å². The summed E-state index contributed by atoms with van der Waals surface area (Å²) >= 11 is 0. The van der Waals surface area contributed by atoms with Crippen molar-refractivity contribution in [2.24, 2.45) is 0 Å². The minimum absolute atomic E-state index is 0.0266. The molecule has 0 N–H and O–H groups in total. The predicted molar refractivity (Wildman–Crippen MR) is 72.4 cm³/mol. The highest BCUT2D eigenvalue weighted by molar-refractivity contribution is 6.46. The van der Waals surface area contributed by atoms with Gasteiger partial charge in [-0.15, -0.1) is 0 Å². The van der Waals surface area contributed by atoms with Crippen LogP contribution in [0.2, 0.25) is 0 Å². The lowest BCUT2D eigenvalue weighted by molar-refractivity contribution is -0.139. The van der Waals surface area contributed by atoms with E-state index >= 15 is 0 Å². The van der Waals surface area contributed by atoms with E-state index in [4.69, 9.17) is 0 Å². The van der Waals surface area contributed by atoms with E-state index in [0.717, 1.165) is 12.1 Å². The van der Waals surface area contributed by atoms with E-state index in [1.807, 2.05) is 6.08 Å². The van der Waals surface area contributed by atoms with Crippen LogP contribution in [0, 0.1) is 0 Å². The van der Waals surface area contributed by atoms with E-state index in [1.54, 1.807) is 6.08 Å². The number of nitrogens with zero attached hydrogens (tertiary/aromatic N) is 1. The lowest BCUT2D eigenvalue weighted by Gasteiger charge is -2.21. The molecule has 1 aromatic rings. The van der Waals surface area contributed by atoms with Gasteiger partial charge in [-0.1, -0.05) is 24.3 Å². The molecule has 6 heteroatoms. The van der Waals surface area contributed by atoms with E-state index in [2.05, 4.69) is 0 Å². The third-order valence-corrected chi connectivity index (χ3v) is 3.75. The number of hydrogen-bond acceptors (Lipinski definition) is 2. The van der Waals surface area contributed by atoms with E-state index in [0.29, 0.717) is 29.7 Å². The van der Waals surface area contributed by atoms with Gasteiger partial charge >= 0.3 is 6.18 Å². The summed E-state index contributed by atoms with van der Waals surface area (Å²) in [7, 11) is 0. The van der Waals surface area contributed by atoms with Crippen molar-refractivity contribution < 1.29 is 22.8 Å². The maximum Gasteiger partial charge on any atom is 0.416 e. The normalized spacial score (nSPS) is 18.2. The third kappa shape index (κ3) is 2.45. The van der Waals surface area contributed by atoms with E-state index in [1.165, 1.54) is 17.0 Å². The van der Waals surface area contributed by atoms with Gasteiger partial charge in [0.15, 0.2) is 0 Å². The molecular weight excluding hydrogens is 295 g/mol. The highest BCUT2D eigenvalue weighted by Crippen LogP contribution is 2.33. The van der Waals surface area contributed by atoms with Crippen molar-refractivity contribution in [1.29, 1.82) is 0 Å². The predicted octanol–water partition coefficient (Wildman–Crippen LogP) is 3.22. The molecule has 0 radical (unpaired) electrons. The second-order valence-electron chi connectivity index (χ2n) is 5.22. The molecule has 114 valence electrons. The largest absolute Gasteiger partial charge is 0.416 e. The highest BCUT2D eigenvalue weighted by Gasteiger charge is 2.38. The molecule has 0 unspecified atom stereocenters. The molecule has 0 saturated heterocycles. The Labute approximate surface area is 124 Å². The number of ketones is 1. The second-order valence-corrected chi connectivity index (χ2v) is 5.22. The zero-order valence-electron chi connectivity index (χ0n) is 11.5. The van der Waals surface area contributed by atoms with Crippen LogP contribution in [0.1, 0.15) is 24.0 Å². The van der Waals surface area contributed by atoms with Crippen LogP contribution in [0.3, 0.4) is 0 Å². The summed E-state index contributed by atoms with van der Waals surface area (Å²) < 4.78 is 38.2. The van der Waals surface area contributed by atoms with E-state index in [9.17, 15) is 22.8 Å². The smallest absolute Gasteiger partial charge is 0.304 e. The van der Waals surface area contributed by atoms with Crippen molar-refractivity contribution >= 4 is 11.7 Å². The van der Waals surface area contributed by atoms with Crippen LogP contribution in [0.15, 0.2) is 47.7 Å². The lowest BCUT2D eigenvalue weighted by atomic mass is 10.0. The number of allylic oxidation sites excluding steroid dienone is 3. The van der Waals surface area contributed by atoms with Crippen LogP contribution >= 0.6 is 0 Å². The van der Waals surface area contributed by atoms with Crippen LogP contribution in [-0.2, 0) is 22.3 Å². The molecule has 3 rings (SSSR count). The molecule has 1 aliphatic carbocycles. The first-order valence-electron chi connectivity index (χ1n) is 6.80. The van der Waals surface area contributed by atoms with Gasteiger partial charge in [0.25, 0.3) is 11.7 Å². The van der Waals surface area contributed by atoms with Crippen LogP contribution in [0.25, 0.3) is 0 Å². The molecule has 0 saturated carbocycles. The van der Waals surface area contributed by atoms with Crippen molar-refractivity contribution in [3.05, 3.63) is 58.8 Å². The maximum absolute atomic E-state index is 12.7. The van der Waals surface area contributed by atoms with E-state index in [-0.39, 0.29) is 6.54 Å². The number of amides is 1. The van der Waals surface area contributed by atoms with Gasteiger partial charge in [-0.05, 0) is 30.5 Å². The quantitative estimate of drug-likeness (QED) is 0.787. The minimum Gasteiger partial charge on any atom is -0.304 e. The van der Waals surface area contributed by atoms with Crippen molar-refractivity contribution in [2.45, 2.75) is 25.6 Å². The minimum atomic E-state index is -4.43. The van der Waals surface area contributed by atoms with Crippen LogP contribution in [-0.4, -0.2) is 16.6 Å². The average molecular weight is 307 g/mol. The molecule has 1 heterocycles. The Morgan fingerprint density at radius 2 is 1.95 bits per heavy atom. The summed E-state index contributed by atoms with van der Waals surface area (Å²) in [5.41, 5.74) is 0.554. The number of carbonyl (C=O) groups is 2. The molecule has 1 aliphatic heterocycles. The van der Waals surface area contributed by atoms with Gasteiger partial charge in [0.05, 0.1) is 12.1 Å². The Morgan fingerprint density at radius 3 is 2.68 bits per heavy atom. The standard InChI is InChI=1S/C16H12F3NO2/c17-16(18,19)11-5-3-4-10(8-11)9-20-13-7-2-1-6-12(13)14(21)15(20)22/h1,3-6,8H,2,7,9H2. The molecule has 3 nitrogen and oxygen atoms in total. The first kappa shape index (κ1) is 14.6. The molecule has 2 aliphatic rings. The zero-order chi connectivity index (χ0) is 15.9. The third-order valence-electron chi connectivity index (χ3n) is 3.75. The van der Waals surface area contributed by atoms with Crippen LogP contribution in [0.4, 0.5) is 13.2 Å². The number of rotatable bonds is 2. The molecular formula is C16H12F3NO2. The van der Waals surface area contributed by atoms with Crippen LogP contribution in [0.5, 0.6) is 0 Å². The molecule has 1 amide bonds. The van der Waals surface area contributed by atoms with Gasteiger partial charge in [-0.25, -0.2) is 0 Å². The van der Waals surface area contributed by atoms with Crippen molar-refractivity contribution in [3.8, 4) is 0 Å². The van der Waals surface area contributed by atoms with Gasteiger partial charge in [-0.2, -0.15) is 13.2 Å². The number of alkyl halides is 3. The van der Waals surface area contributed by atoms with Crippen LogP contribution < -0.4 is 0 Å². The fourth-order valence-electron chi connectivity index (χ4n) is 2.70. The van der Waals surface area contributed by atoms with Crippen molar-refractivity contribution in [2.75, 3.05) is 0 Å². The highest BCUT2D eigenvalue weighted by atomic mass is 19.4. The second kappa shape index (κ2) is 5.12. The van der Waals surface area contributed by atoms with E-state index < -0.39 is 23.4 Å². The van der Waals surface area contributed by atoms with Gasteiger partial charge in [0.2, 0.25) is 0 Å². The summed E-state index contributed by atoms with van der Waals surface area (Å²) in [5, 5.41) is 0. The van der Waals surface area contributed by atoms with Gasteiger partial charge < -0.3 is 4.90 Å². The summed E-state index contributed by atoms with van der Waals surface area (Å²) in [6, 6.07) is 4.81. The Bertz CT molecular complexity index is 716. The number of hydrogen-bond donors (Lipinski definition) is 0. The lowest BCUT2D eigenvalue weighted by Crippen LogP contribution is -2.28. The summed E-state index contributed by atoms with van der Waals surface area (Å²) in [4.78, 5) is 25.2. The number of benzene rings is 1. The Hall–Kier alpha value is -2.37. The Kier molecular flexibility index (Phi) is 3.39. The number of halogens is 3. The first-order valence-corrected chi connectivity index (χ1v) is 6.80. The maximum atomic E-state index is 12.7. The Balaban J connectivity index is 1.90. The molecule has 22 heavy (non-hydrogen) atoms. The van der Waals surface area contributed by atoms with Gasteiger partial charge in [0, 0.05) is 11.3 Å². The molecule has 0 fully saturated rings. The Morgan fingerprint density at radius 1 is 1.18 bits per heavy atom. The fourth-order valence-corrected chi connectivity index (χ4v) is 2.70. The molecule has 0 spiro atoms. The van der Waals surface area contributed by atoms with Crippen molar-refractivity contribution in [3.63, 3.8) is 0 Å². The van der Waals surface area contributed by atoms with Gasteiger partial charge in [-0.3, -0.25) is 9.59 Å². The summed E-state index contributed by atoms with van der Waals surface area (Å²) in [6.45, 7) is -0.0266. The number of Topliss-reactive ketones (excluding diaryl/α,β-unsaturated/α-hetero) is 1. The zero-order valence-corrected chi connectivity index (χ0v) is 11.5. The monoisotopic (exact) mass is 307 g/mol. The molecule has 1 aromatic carbocycles. The number of carbonyl (C=O) groups excluding carboxylic acids is 2. The summed E-state index contributed by atoms with van der Waals surface area (Å²) in [5.74, 6) is -1.26. The average Bonchev–Trinajstić information content (AvgIpc) is 2.72. The summed E-state index contributed by atoms with van der Waals surface area (Å²) in [6.07, 6.45) is 0.253. The first-order chi connectivity index (χ1) is 10.4. The topological polar surface area (TPSA) is 37.4 Å². The molecule has 0 bridgehead atoms. The SMILES string of the molecule is O=C1C(=O)N(Cc2cccc(C(F)(F)F)c2)C2=C1C=CCC2. The van der Waals surface area contributed by atoms with Gasteiger partial charge in [0.1, 0.15) is 0 Å².